The minimum atomic E-state index is -1.19. The molecule has 2 heterocycles. The maximum atomic E-state index is 3.94. The summed E-state index contributed by atoms with van der Waals surface area (Å²) in [5.74, 6) is 0.316. The van der Waals surface area contributed by atoms with Gasteiger partial charge in [0.2, 0.25) is 0 Å². The Hall–Kier alpha value is -4.99. The molecule has 1 N–H and O–H groups in total. The van der Waals surface area contributed by atoms with E-state index in [1.165, 1.54) is 92.9 Å². The molecule has 0 radical (unpaired) electrons. The van der Waals surface area contributed by atoms with Crippen molar-refractivity contribution in [3.05, 3.63) is 156 Å². The fourth-order valence-electron chi connectivity index (χ4n) is 8.72. The predicted molar refractivity (Wildman–Crippen MR) is 204 cm³/mol. The van der Waals surface area contributed by atoms with Crippen LogP contribution in [0.5, 0.6) is 0 Å². The van der Waals surface area contributed by atoms with Gasteiger partial charge in [-0.15, -0.1) is 0 Å². The van der Waals surface area contributed by atoms with Gasteiger partial charge in [0.25, 0.3) is 0 Å². The van der Waals surface area contributed by atoms with E-state index in [1.807, 2.05) is 0 Å². The number of anilines is 2. The fourth-order valence-corrected chi connectivity index (χ4v) is 11.1. The molecule has 0 saturated carbocycles. The molecule has 0 fully saturated rings. The lowest BCUT2D eigenvalue weighted by atomic mass is 9.50. The number of para-hydroxylation sites is 2. The van der Waals surface area contributed by atoms with Crippen molar-refractivity contribution in [2.45, 2.75) is 22.1 Å². The maximum Gasteiger partial charge on any atom is 0.193 e. The van der Waals surface area contributed by atoms with Crippen LogP contribution in [0.3, 0.4) is 0 Å². The van der Waals surface area contributed by atoms with Crippen molar-refractivity contribution in [2.75, 3.05) is 17.8 Å². The van der Waals surface area contributed by atoms with Crippen LogP contribution in [-0.2, 0) is 6.42 Å². The number of rotatable bonds is 2. The van der Waals surface area contributed by atoms with Gasteiger partial charge in [0, 0.05) is 21.3 Å². The lowest BCUT2D eigenvalue weighted by Gasteiger charge is -2.41. The molecule has 7 aromatic rings. The molecule has 1 unspecified atom stereocenters. The Balaban J connectivity index is 1.23. The summed E-state index contributed by atoms with van der Waals surface area (Å²) >= 11 is 0. The molecule has 47 heavy (non-hydrogen) atoms. The molecule has 1 nitrogen and oxygen atoms in total. The molecule has 1 aliphatic carbocycles. The van der Waals surface area contributed by atoms with E-state index in [2.05, 4.69) is 157 Å². The minimum absolute atomic E-state index is 0.316. The van der Waals surface area contributed by atoms with E-state index in [0.717, 1.165) is 13.7 Å². The van der Waals surface area contributed by atoms with Crippen LogP contribution in [0.25, 0.3) is 44.2 Å². The maximum absolute atomic E-state index is 3.94. The topological polar surface area (TPSA) is 12.0 Å². The average Bonchev–Trinajstić information content (AvgIpc) is 3.11. The third kappa shape index (κ3) is 3.99. The summed E-state index contributed by atoms with van der Waals surface area (Å²) in [7, 11) is -0.247. The molecule has 10 rings (SSSR count). The van der Waals surface area contributed by atoms with Gasteiger partial charge in [-0.3, -0.25) is 0 Å². The van der Waals surface area contributed by atoms with Crippen molar-refractivity contribution in [1.29, 1.82) is 0 Å². The molecule has 0 saturated heterocycles. The molecule has 7 aromatic carbocycles. The highest BCUT2D eigenvalue weighted by Gasteiger charge is 2.36. The standard InChI is InChI=1S/C44H34BNS/c1-47(2)40-20-9-8-19-39(40)46-44-33(17-11-21-41(44)47)36-24-30(27-12-4-3-5-13-27)25-37-35-26-31-22-28-14-6-7-15-29(28)23-34(31)32-16-10-18-38(42(32)35)45-43(36)37/h3-25,35,45-46H,26H2,1-2H3. The van der Waals surface area contributed by atoms with Crippen LogP contribution < -0.4 is 16.2 Å². The fraction of sp³-hybridized carbons (Fsp3) is 0.0909. The molecule has 0 spiro atoms. The first kappa shape index (κ1) is 27.2. The van der Waals surface area contributed by atoms with Crippen LogP contribution in [-0.4, -0.2) is 19.8 Å². The van der Waals surface area contributed by atoms with Gasteiger partial charge in [-0.25, -0.2) is 0 Å². The van der Waals surface area contributed by atoms with E-state index in [9.17, 15) is 0 Å². The molecule has 0 bridgehead atoms. The lowest BCUT2D eigenvalue weighted by molar-refractivity contribution is 0.801. The van der Waals surface area contributed by atoms with Gasteiger partial charge >= 0.3 is 0 Å². The summed E-state index contributed by atoms with van der Waals surface area (Å²) in [6.07, 6.45) is 5.92. The Morgan fingerprint density at radius 3 is 2.19 bits per heavy atom. The van der Waals surface area contributed by atoms with Crippen molar-refractivity contribution in [3.8, 4) is 33.4 Å². The highest BCUT2D eigenvalue weighted by atomic mass is 32.3. The molecule has 0 aromatic heterocycles. The van der Waals surface area contributed by atoms with Crippen molar-refractivity contribution in [1.82, 2.24) is 0 Å². The van der Waals surface area contributed by atoms with Crippen molar-refractivity contribution >= 4 is 50.4 Å². The highest BCUT2D eigenvalue weighted by molar-refractivity contribution is 8.33. The second-order valence-corrected chi connectivity index (χ2v) is 17.3. The zero-order valence-electron chi connectivity index (χ0n) is 26.7. The largest absolute Gasteiger partial charge is 0.353 e. The summed E-state index contributed by atoms with van der Waals surface area (Å²) in [6, 6.07) is 52.6. The number of hydrogen-bond donors (Lipinski definition) is 1. The predicted octanol–water partition coefficient (Wildman–Crippen LogP) is 9.77. The zero-order chi connectivity index (χ0) is 31.3. The summed E-state index contributed by atoms with van der Waals surface area (Å²) in [5.41, 5.74) is 18.0. The molecular weight excluding hydrogens is 585 g/mol. The quantitative estimate of drug-likeness (QED) is 0.190. The van der Waals surface area contributed by atoms with Gasteiger partial charge in [-0.2, -0.15) is 10.0 Å². The van der Waals surface area contributed by atoms with Crippen LogP contribution in [0.2, 0.25) is 0 Å². The Kier molecular flexibility index (Phi) is 5.78. The van der Waals surface area contributed by atoms with E-state index in [1.54, 1.807) is 0 Å². The molecule has 224 valence electrons. The number of hydrogen-bond acceptors (Lipinski definition) is 1. The van der Waals surface area contributed by atoms with Gasteiger partial charge < -0.3 is 5.32 Å². The van der Waals surface area contributed by atoms with Crippen LogP contribution in [0, 0.1) is 0 Å². The molecule has 0 amide bonds. The average molecular weight is 620 g/mol. The van der Waals surface area contributed by atoms with Crippen molar-refractivity contribution in [2.24, 2.45) is 0 Å². The second-order valence-electron chi connectivity index (χ2n) is 13.8. The summed E-state index contributed by atoms with van der Waals surface area (Å²) < 4.78 is 0. The Labute approximate surface area is 278 Å². The lowest BCUT2D eigenvalue weighted by Crippen LogP contribution is -2.42. The van der Waals surface area contributed by atoms with Crippen LogP contribution in [0.15, 0.2) is 149 Å². The van der Waals surface area contributed by atoms with Gasteiger partial charge in [-0.05, 0) is 105 Å². The molecule has 2 aliphatic heterocycles. The zero-order valence-corrected chi connectivity index (χ0v) is 27.5. The number of fused-ring (bicyclic) bond motifs is 7. The van der Waals surface area contributed by atoms with Gasteiger partial charge in [0.1, 0.15) is 0 Å². The first-order valence-corrected chi connectivity index (χ1v) is 19.1. The van der Waals surface area contributed by atoms with Gasteiger partial charge in [0.05, 0.1) is 11.4 Å². The van der Waals surface area contributed by atoms with E-state index >= 15 is 0 Å². The van der Waals surface area contributed by atoms with Crippen LogP contribution in [0.4, 0.5) is 11.4 Å². The van der Waals surface area contributed by atoms with Gasteiger partial charge in [0.15, 0.2) is 7.28 Å². The number of benzene rings is 7. The third-order valence-electron chi connectivity index (χ3n) is 10.9. The van der Waals surface area contributed by atoms with Crippen molar-refractivity contribution in [3.63, 3.8) is 0 Å². The van der Waals surface area contributed by atoms with E-state index in [0.29, 0.717) is 5.92 Å². The molecular formula is C44H34BNS. The third-order valence-corrected chi connectivity index (χ3v) is 13.8. The summed E-state index contributed by atoms with van der Waals surface area (Å²) in [5, 5.41) is 6.59. The summed E-state index contributed by atoms with van der Waals surface area (Å²) in [4.78, 5) is 2.86. The van der Waals surface area contributed by atoms with Crippen LogP contribution in [0.1, 0.15) is 22.6 Å². The summed E-state index contributed by atoms with van der Waals surface area (Å²) in [6.45, 7) is 0. The van der Waals surface area contributed by atoms with Crippen molar-refractivity contribution < 1.29 is 0 Å². The van der Waals surface area contributed by atoms with E-state index in [4.69, 9.17) is 0 Å². The number of nitrogens with one attached hydrogen (secondary N) is 1. The van der Waals surface area contributed by atoms with Gasteiger partial charge in [-0.1, -0.05) is 120 Å². The monoisotopic (exact) mass is 619 g/mol. The Morgan fingerprint density at radius 2 is 1.32 bits per heavy atom. The second kappa shape index (κ2) is 10.0. The SMILES string of the molecule is CS1(C)c2ccccc2Nc2c(-c3cc(-c4ccccc4)cc4c3Bc3cccc5c3C4Cc3cc4ccccc4cc3-5)cccc21. The molecule has 3 aliphatic rings. The first-order valence-electron chi connectivity index (χ1n) is 16.6. The van der Waals surface area contributed by atoms with E-state index in [-0.39, 0.29) is 0 Å². The smallest absolute Gasteiger partial charge is 0.193 e. The Morgan fingerprint density at radius 1 is 0.596 bits per heavy atom. The molecule has 1 atom stereocenters. The normalized spacial score (nSPS) is 16.8. The highest BCUT2D eigenvalue weighted by Crippen LogP contribution is 2.65. The van der Waals surface area contributed by atoms with E-state index < -0.39 is 10.0 Å². The minimum Gasteiger partial charge on any atom is -0.353 e. The van der Waals surface area contributed by atoms with Crippen LogP contribution >= 0.6 is 10.0 Å². The first-order chi connectivity index (χ1) is 23.0. The Bertz CT molecular complexity index is 2430. The molecule has 3 heteroatoms.